The average Bonchev–Trinajstić information content (AvgIpc) is 3.23. The number of carbonyl (C=O) groups is 2. The number of rotatable bonds is 6. The monoisotopic (exact) mass is 454 g/mol. The second-order valence-corrected chi connectivity index (χ2v) is 7.41. The highest BCUT2D eigenvalue weighted by Gasteiger charge is 2.44. The molecule has 0 saturated heterocycles. The van der Waals surface area contributed by atoms with Crippen LogP contribution in [0.2, 0.25) is 0 Å². The zero-order valence-corrected chi connectivity index (χ0v) is 16.6. The van der Waals surface area contributed by atoms with Crippen LogP contribution in [-0.4, -0.2) is 23.4 Å². The van der Waals surface area contributed by atoms with Crippen molar-refractivity contribution in [3.8, 4) is 0 Å². The Morgan fingerprint density at radius 2 is 1.72 bits per heavy atom. The molecule has 1 fully saturated rings. The molecule has 0 unspecified atom stereocenters. The zero-order valence-electron chi connectivity index (χ0n) is 16.6. The van der Waals surface area contributed by atoms with Crippen molar-refractivity contribution in [2.75, 3.05) is 11.9 Å². The fourth-order valence-corrected chi connectivity index (χ4v) is 3.80. The van der Waals surface area contributed by atoms with E-state index in [2.05, 4.69) is 0 Å². The minimum Gasteiger partial charge on any atom is -0.455 e. The predicted octanol–water partition coefficient (Wildman–Crippen LogP) is 4.75. The van der Waals surface area contributed by atoms with Gasteiger partial charge >= 0.3 is 12.1 Å². The number of ether oxygens (including phenoxy) is 1. The normalized spacial score (nSPS) is 15.2. The van der Waals surface area contributed by atoms with Crippen LogP contribution in [0.5, 0.6) is 0 Å². The topological polar surface area (TPSA) is 98.5 Å². The highest BCUT2D eigenvalue weighted by atomic mass is 19.4. The number of carbonyl (C=O) groups excluding carboxylic acids is 2. The number of hydrogen-bond donors (Lipinski definition) is 1. The van der Waals surface area contributed by atoms with E-state index in [1.165, 1.54) is 24.3 Å². The standard InChI is InChI=1S/C21H18F4N2O5/c22-14-5-3-13(4-6-14)20(9-1-2-10-20)19(29)32-12-18(28)26-17-8-7-15(27(30)31)11-16(17)21(23,24)25/h3-8,11H,1-2,9-10,12H2,(H,26,28). The lowest BCUT2D eigenvalue weighted by atomic mass is 9.79. The fourth-order valence-electron chi connectivity index (χ4n) is 3.80. The summed E-state index contributed by atoms with van der Waals surface area (Å²) in [6, 6.07) is 7.24. The Labute approximate surface area is 179 Å². The molecule has 1 N–H and O–H groups in total. The second kappa shape index (κ2) is 8.93. The second-order valence-electron chi connectivity index (χ2n) is 7.41. The van der Waals surface area contributed by atoms with E-state index in [1.807, 2.05) is 5.32 Å². The highest BCUT2D eigenvalue weighted by Crippen LogP contribution is 2.42. The molecule has 11 heteroatoms. The van der Waals surface area contributed by atoms with Gasteiger partial charge in [-0.3, -0.25) is 19.7 Å². The van der Waals surface area contributed by atoms with Crippen LogP contribution in [0.4, 0.5) is 28.9 Å². The van der Waals surface area contributed by atoms with Gasteiger partial charge in [0.05, 0.1) is 21.6 Å². The summed E-state index contributed by atoms with van der Waals surface area (Å²) in [5.41, 5.74) is -3.40. The molecule has 0 bridgehead atoms. The van der Waals surface area contributed by atoms with Crippen LogP contribution in [0.15, 0.2) is 42.5 Å². The summed E-state index contributed by atoms with van der Waals surface area (Å²) >= 11 is 0. The van der Waals surface area contributed by atoms with Gasteiger partial charge in [-0.2, -0.15) is 13.2 Å². The average molecular weight is 454 g/mol. The van der Waals surface area contributed by atoms with Crippen molar-refractivity contribution in [2.24, 2.45) is 0 Å². The van der Waals surface area contributed by atoms with Crippen molar-refractivity contribution in [1.82, 2.24) is 0 Å². The van der Waals surface area contributed by atoms with Gasteiger partial charge in [-0.25, -0.2) is 4.39 Å². The van der Waals surface area contributed by atoms with E-state index in [0.717, 1.165) is 25.0 Å². The van der Waals surface area contributed by atoms with Crippen LogP contribution >= 0.6 is 0 Å². The lowest BCUT2D eigenvalue weighted by Gasteiger charge is -2.27. The lowest BCUT2D eigenvalue weighted by molar-refractivity contribution is -0.385. The summed E-state index contributed by atoms with van der Waals surface area (Å²) in [6.45, 7) is -0.851. The van der Waals surface area contributed by atoms with Crippen LogP contribution in [0, 0.1) is 15.9 Å². The molecule has 32 heavy (non-hydrogen) atoms. The van der Waals surface area contributed by atoms with Crippen LogP contribution in [0.25, 0.3) is 0 Å². The Bertz CT molecular complexity index is 1030. The molecule has 0 spiro atoms. The third-order valence-corrected chi connectivity index (χ3v) is 5.37. The smallest absolute Gasteiger partial charge is 0.418 e. The van der Waals surface area contributed by atoms with Gasteiger partial charge in [0.2, 0.25) is 0 Å². The highest BCUT2D eigenvalue weighted by molar-refractivity contribution is 5.94. The minimum absolute atomic E-state index is 0.309. The van der Waals surface area contributed by atoms with Gasteiger partial charge in [0.25, 0.3) is 11.6 Å². The SMILES string of the molecule is O=C(COC(=O)C1(c2ccc(F)cc2)CCCC1)Nc1ccc([N+](=O)[O-])cc1C(F)(F)F. The molecule has 0 radical (unpaired) electrons. The quantitative estimate of drug-likeness (QED) is 0.294. The van der Waals surface area contributed by atoms with Crippen molar-refractivity contribution >= 4 is 23.3 Å². The number of non-ortho nitro benzene ring substituents is 1. The van der Waals surface area contributed by atoms with E-state index in [1.54, 1.807) is 0 Å². The maximum atomic E-state index is 13.3. The van der Waals surface area contributed by atoms with Gasteiger partial charge in [0, 0.05) is 12.1 Å². The van der Waals surface area contributed by atoms with Crippen LogP contribution in [-0.2, 0) is 25.9 Å². The van der Waals surface area contributed by atoms with Crippen LogP contribution in [0.3, 0.4) is 0 Å². The van der Waals surface area contributed by atoms with Gasteiger partial charge in [0.15, 0.2) is 6.61 Å². The Hall–Kier alpha value is -3.50. The Morgan fingerprint density at radius 1 is 1.09 bits per heavy atom. The molecule has 2 aromatic rings. The number of benzene rings is 2. The van der Waals surface area contributed by atoms with E-state index >= 15 is 0 Å². The molecule has 1 amide bonds. The number of nitrogens with one attached hydrogen (secondary N) is 1. The van der Waals surface area contributed by atoms with Gasteiger partial charge in [-0.05, 0) is 36.6 Å². The summed E-state index contributed by atoms with van der Waals surface area (Å²) in [7, 11) is 0. The molecule has 0 heterocycles. The van der Waals surface area contributed by atoms with Crippen LogP contribution in [0.1, 0.15) is 36.8 Å². The number of halogens is 4. The molecule has 1 aliphatic carbocycles. The molecule has 0 aromatic heterocycles. The van der Waals surface area contributed by atoms with E-state index in [9.17, 15) is 37.3 Å². The number of nitrogens with zero attached hydrogens (tertiary/aromatic N) is 1. The van der Waals surface area contributed by atoms with Crippen LogP contribution < -0.4 is 5.32 Å². The Morgan fingerprint density at radius 3 is 2.28 bits per heavy atom. The Balaban J connectivity index is 1.72. The number of amides is 1. The van der Waals surface area contributed by atoms with Crippen molar-refractivity contribution < 1.29 is 36.8 Å². The molecular formula is C21H18F4N2O5. The number of esters is 1. The summed E-state index contributed by atoms with van der Waals surface area (Å²) in [6.07, 6.45) is -2.66. The zero-order chi connectivity index (χ0) is 23.5. The van der Waals surface area contributed by atoms with Gasteiger partial charge in [-0.15, -0.1) is 0 Å². The minimum atomic E-state index is -4.96. The number of alkyl halides is 3. The van der Waals surface area contributed by atoms with Crippen molar-refractivity contribution in [3.63, 3.8) is 0 Å². The number of anilines is 1. The van der Waals surface area contributed by atoms with Gasteiger partial charge in [-0.1, -0.05) is 25.0 Å². The van der Waals surface area contributed by atoms with Gasteiger partial charge in [0.1, 0.15) is 5.82 Å². The first-order valence-electron chi connectivity index (χ1n) is 9.62. The summed E-state index contributed by atoms with van der Waals surface area (Å²) in [5, 5.41) is 12.7. The molecule has 170 valence electrons. The van der Waals surface area contributed by atoms with E-state index in [4.69, 9.17) is 4.74 Å². The first-order valence-corrected chi connectivity index (χ1v) is 9.62. The first kappa shape index (κ1) is 23.2. The number of nitro groups is 1. The summed E-state index contributed by atoms with van der Waals surface area (Å²) < 4.78 is 58.1. The van der Waals surface area contributed by atoms with E-state index in [0.29, 0.717) is 24.5 Å². The molecule has 7 nitrogen and oxygen atoms in total. The molecule has 0 atom stereocenters. The third-order valence-electron chi connectivity index (χ3n) is 5.37. The lowest BCUT2D eigenvalue weighted by Crippen LogP contribution is -2.36. The predicted molar refractivity (Wildman–Crippen MR) is 104 cm³/mol. The maximum Gasteiger partial charge on any atom is 0.418 e. The molecule has 3 rings (SSSR count). The first-order chi connectivity index (χ1) is 15.0. The molecule has 2 aromatic carbocycles. The number of hydrogen-bond acceptors (Lipinski definition) is 5. The van der Waals surface area contributed by atoms with E-state index < -0.39 is 57.8 Å². The molecule has 1 aliphatic rings. The number of nitro benzene ring substituents is 1. The molecular weight excluding hydrogens is 436 g/mol. The fraction of sp³-hybridized carbons (Fsp3) is 0.333. The largest absolute Gasteiger partial charge is 0.455 e. The Kier molecular flexibility index (Phi) is 6.47. The summed E-state index contributed by atoms with van der Waals surface area (Å²) in [4.78, 5) is 34.7. The molecule has 0 aliphatic heterocycles. The summed E-state index contributed by atoms with van der Waals surface area (Å²) in [5.74, 6) is -2.24. The van der Waals surface area contributed by atoms with Gasteiger partial charge < -0.3 is 10.1 Å². The van der Waals surface area contributed by atoms with Crippen molar-refractivity contribution in [1.29, 1.82) is 0 Å². The van der Waals surface area contributed by atoms with Crippen molar-refractivity contribution in [2.45, 2.75) is 37.3 Å². The third kappa shape index (κ3) is 4.87. The van der Waals surface area contributed by atoms with Crippen molar-refractivity contribution in [3.05, 3.63) is 69.5 Å². The maximum absolute atomic E-state index is 13.3. The van der Waals surface area contributed by atoms with E-state index in [-0.39, 0.29) is 0 Å². The molecule has 1 saturated carbocycles.